The zero-order valence-electron chi connectivity index (χ0n) is 71.5. The number of aryl methyl sites for hydroxylation is 15. The minimum absolute atomic E-state index is 0.468. The first kappa shape index (κ1) is 81.9. The Morgan fingerprint density at radius 1 is 0.268 bits per heavy atom. The van der Waals surface area contributed by atoms with Crippen LogP contribution in [-0.4, -0.2) is 24.9 Å². The van der Waals surface area contributed by atoms with Gasteiger partial charge in [-0.1, -0.05) is 200 Å². The lowest BCUT2D eigenvalue weighted by Gasteiger charge is -2.12. The minimum atomic E-state index is 0.468. The predicted octanol–water partition coefficient (Wildman–Crippen LogP) is 22.5. The summed E-state index contributed by atoms with van der Waals surface area (Å²) in [5.41, 5.74) is 37.7. The standard InChI is InChI=1S/2C21H25N2.3C20H23N2/c1-14(2)10-17-8-9-18-20(12-17)22-13-23(5)21(18)19-11-15(3)6-7-16(19)4;1-14(2)11-17-7-6-8-18-20(17)22-13-23(5)21(18)19-12-15(3)9-10-16(19)4;1-13(2)16-8-9-19-18(11-16)20(22(5)12-21-19)17-10-14(3)6-7-15(17)4;1-13(2)16-8-9-17-19(11-16)21-12-22(5)20(17)18-10-14(3)6-7-15(18)4;1-13(2)16-7-6-8-17-19(16)21-12-22(5)20(17)18-11-14(3)9-10-15(18)4/h6-9,11-14H,10H2,1-5H3;6-10,12-14H,11H2,1-5H3;3*6-13H,1-5H3/q5*+1. The molecule has 15 aromatic rings. The van der Waals surface area contributed by atoms with Crippen LogP contribution in [0.2, 0.25) is 0 Å². The molecule has 0 bridgehead atoms. The van der Waals surface area contributed by atoms with E-state index in [-0.39, 0.29) is 0 Å². The summed E-state index contributed by atoms with van der Waals surface area (Å²) in [6.07, 6.45) is 11.8. The number of aromatic nitrogens is 10. The molecule has 10 nitrogen and oxygen atoms in total. The smallest absolute Gasteiger partial charge is 0.232 e. The Bertz CT molecular complexity index is 5890. The van der Waals surface area contributed by atoms with Crippen LogP contribution in [-0.2, 0) is 48.1 Å². The molecule has 15 rings (SSSR count). The van der Waals surface area contributed by atoms with Crippen molar-refractivity contribution in [3.63, 3.8) is 0 Å². The third-order valence-corrected chi connectivity index (χ3v) is 21.6. The molecule has 5 heterocycles. The number of hydrogen-bond acceptors (Lipinski definition) is 5. The van der Waals surface area contributed by atoms with Gasteiger partial charge < -0.3 is 0 Å². The van der Waals surface area contributed by atoms with E-state index < -0.39 is 0 Å². The Morgan fingerprint density at radius 3 is 1.02 bits per heavy atom. The lowest BCUT2D eigenvalue weighted by atomic mass is 9.95. The first-order chi connectivity index (χ1) is 53.3. The van der Waals surface area contributed by atoms with Crippen molar-refractivity contribution in [2.45, 2.75) is 169 Å². The highest BCUT2D eigenvalue weighted by Crippen LogP contribution is 2.36. The van der Waals surface area contributed by atoms with E-state index in [4.69, 9.17) is 9.97 Å². The van der Waals surface area contributed by atoms with Crippen molar-refractivity contribution in [1.29, 1.82) is 0 Å². The van der Waals surface area contributed by atoms with Gasteiger partial charge in [-0.25, -0.2) is 22.8 Å². The average Bonchev–Trinajstić information content (AvgIpc) is 0.766. The van der Waals surface area contributed by atoms with Gasteiger partial charge in [-0.15, -0.1) is 0 Å². The molecule has 112 heavy (non-hydrogen) atoms. The van der Waals surface area contributed by atoms with Crippen LogP contribution in [0.15, 0.2) is 214 Å². The summed E-state index contributed by atoms with van der Waals surface area (Å²) in [6, 6.07) is 66.3. The second kappa shape index (κ2) is 35.5. The quantitative estimate of drug-likeness (QED) is 0.114. The van der Waals surface area contributed by atoms with E-state index in [9.17, 15) is 0 Å². The summed E-state index contributed by atoms with van der Waals surface area (Å²) in [4.78, 5) is 23.3. The summed E-state index contributed by atoms with van der Waals surface area (Å²) >= 11 is 0. The van der Waals surface area contributed by atoms with Gasteiger partial charge in [0, 0.05) is 38.9 Å². The minimum Gasteiger partial charge on any atom is -0.232 e. The number of benzene rings is 10. The maximum absolute atomic E-state index is 4.73. The molecule has 0 amide bonds. The van der Waals surface area contributed by atoms with Crippen LogP contribution in [0, 0.1) is 81.1 Å². The van der Waals surface area contributed by atoms with Crippen molar-refractivity contribution in [1.82, 2.24) is 24.9 Å². The zero-order chi connectivity index (χ0) is 80.7. The Hall–Kier alpha value is -11.1. The monoisotopic (exact) mass is 1480 g/mol. The van der Waals surface area contributed by atoms with Gasteiger partial charge in [-0.2, -0.15) is 0 Å². The van der Waals surface area contributed by atoms with Gasteiger partial charge in [0.25, 0.3) is 31.6 Å². The molecule has 0 N–H and O–H groups in total. The highest BCUT2D eigenvalue weighted by Gasteiger charge is 2.25. The molecule has 0 saturated carbocycles. The maximum atomic E-state index is 4.73. The number of nitrogens with zero attached hydrogens (tertiary/aromatic N) is 10. The number of rotatable bonds is 12. The van der Waals surface area contributed by atoms with E-state index in [0.29, 0.717) is 29.6 Å². The van der Waals surface area contributed by atoms with Crippen molar-refractivity contribution < 1.29 is 22.8 Å². The van der Waals surface area contributed by atoms with E-state index in [0.717, 1.165) is 40.4 Å². The van der Waals surface area contributed by atoms with Gasteiger partial charge in [0.15, 0.2) is 27.6 Å². The molecule has 0 aliphatic carbocycles. The van der Waals surface area contributed by atoms with Crippen LogP contribution in [0.4, 0.5) is 0 Å². The molecule has 5 aromatic heterocycles. The fourth-order valence-corrected chi connectivity index (χ4v) is 15.4. The number of para-hydroxylation sites is 2. The van der Waals surface area contributed by atoms with Crippen LogP contribution in [0.5, 0.6) is 0 Å². The Kier molecular flexibility index (Phi) is 26.0. The van der Waals surface area contributed by atoms with Crippen molar-refractivity contribution in [2.75, 3.05) is 0 Å². The Morgan fingerprint density at radius 2 is 0.607 bits per heavy atom. The molecule has 0 unspecified atom stereocenters. The number of hydrogen-bond donors (Lipinski definition) is 0. The molecular weight excluding hydrogens is 1370 g/mol. The SMILES string of the molecule is Cc1ccc(C)c(-c2c3cc(C(C)C)ccc3nc[n+]2C)c1.Cc1ccc(C)c(-c2c3ccc(C(C)C)cc3nc[n+]2C)c1.Cc1ccc(C)c(-c2c3ccc(CC(C)C)cc3nc[n+]2C)c1.Cc1ccc(C)c(-c2c3cccc(C(C)C)c3nc[n+]2C)c1.Cc1ccc(C)c(-c2c3cccc(CC(C)C)c3nc[n+]2C)c1. The highest BCUT2D eigenvalue weighted by molar-refractivity contribution is 5.96. The third kappa shape index (κ3) is 18.6. The van der Waals surface area contributed by atoms with Gasteiger partial charge in [0.1, 0.15) is 28.5 Å². The molecule has 0 radical (unpaired) electrons. The van der Waals surface area contributed by atoms with Crippen LogP contribution < -0.4 is 22.8 Å². The molecule has 0 saturated heterocycles. The van der Waals surface area contributed by atoms with Crippen molar-refractivity contribution >= 4 is 54.5 Å². The summed E-state index contributed by atoms with van der Waals surface area (Å²) in [7, 11) is 10.4. The molecule has 0 aliphatic rings. The normalized spacial score (nSPS) is 11.4. The van der Waals surface area contributed by atoms with E-state index in [2.05, 4.69) is 393 Å². The Balaban J connectivity index is 0.000000138. The zero-order valence-corrected chi connectivity index (χ0v) is 71.5. The second-order valence-electron chi connectivity index (χ2n) is 33.2. The lowest BCUT2D eigenvalue weighted by molar-refractivity contribution is -0.662. The molecule has 0 spiro atoms. The van der Waals surface area contributed by atoms with E-state index in [1.54, 1.807) is 0 Å². The first-order valence-electron chi connectivity index (χ1n) is 40.1. The van der Waals surface area contributed by atoms with Crippen LogP contribution >= 0.6 is 0 Å². The van der Waals surface area contributed by atoms with Gasteiger partial charge in [0.2, 0.25) is 0 Å². The van der Waals surface area contributed by atoms with Crippen molar-refractivity contribution in [3.05, 3.63) is 297 Å². The molecule has 0 aliphatic heterocycles. The predicted molar refractivity (Wildman–Crippen MR) is 468 cm³/mol. The number of fused-ring (bicyclic) bond motifs is 5. The summed E-state index contributed by atoms with van der Waals surface area (Å²) in [6.45, 7) is 44.0. The van der Waals surface area contributed by atoms with E-state index >= 15 is 0 Å². The Labute approximate surface area is 667 Å². The van der Waals surface area contributed by atoms with Crippen LogP contribution in [0.3, 0.4) is 0 Å². The molecule has 0 fully saturated rings. The van der Waals surface area contributed by atoms with E-state index in [1.165, 1.54) is 167 Å². The fraction of sp³-hybridized carbons (Fsp3) is 0.314. The summed E-state index contributed by atoms with van der Waals surface area (Å²) < 4.78 is 10.7. The maximum Gasteiger partial charge on any atom is 0.287 e. The molecule has 0 atom stereocenters. The first-order valence-corrected chi connectivity index (χ1v) is 40.1. The molecule has 10 aromatic carbocycles. The third-order valence-electron chi connectivity index (χ3n) is 21.6. The topological polar surface area (TPSA) is 83.8 Å². The largest absolute Gasteiger partial charge is 0.287 e. The molecule has 572 valence electrons. The van der Waals surface area contributed by atoms with Crippen molar-refractivity contribution in [2.24, 2.45) is 47.1 Å². The average molecular weight is 1490 g/mol. The molecular formula is C102H119N10+5. The highest BCUT2D eigenvalue weighted by atomic mass is 15.0. The van der Waals surface area contributed by atoms with Gasteiger partial charge in [-0.3, -0.25) is 0 Å². The van der Waals surface area contributed by atoms with Crippen LogP contribution in [0.25, 0.3) is 111 Å². The summed E-state index contributed by atoms with van der Waals surface area (Å²) in [5.74, 6) is 2.78. The van der Waals surface area contributed by atoms with Gasteiger partial charge >= 0.3 is 0 Å². The van der Waals surface area contributed by atoms with Gasteiger partial charge in [-0.05, 0) is 260 Å². The van der Waals surface area contributed by atoms with Gasteiger partial charge in [0.05, 0.1) is 62.2 Å². The fourth-order valence-electron chi connectivity index (χ4n) is 15.4. The molecule has 10 heteroatoms. The van der Waals surface area contributed by atoms with E-state index in [1.807, 2.05) is 31.6 Å². The summed E-state index contributed by atoms with van der Waals surface area (Å²) in [5, 5.41) is 6.12. The lowest BCUT2D eigenvalue weighted by Crippen LogP contribution is -2.32. The van der Waals surface area contributed by atoms with Crippen molar-refractivity contribution in [3.8, 4) is 56.3 Å². The van der Waals surface area contributed by atoms with Crippen LogP contribution in [0.1, 0.15) is 170 Å². The second-order valence-corrected chi connectivity index (χ2v) is 33.2.